The number of benzene rings is 2. The maximum Gasteiger partial charge on any atom is 0.241 e. The van der Waals surface area contributed by atoms with Gasteiger partial charge in [-0.2, -0.15) is 0 Å². The number of hydrogen-bond acceptors (Lipinski definition) is 3. The van der Waals surface area contributed by atoms with Gasteiger partial charge in [-0.3, -0.25) is 4.79 Å². The Bertz CT molecular complexity index is 584. The van der Waals surface area contributed by atoms with Crippen LogP contribution in [-0.2, 0) is 11.3 Å². The number of nitrogens with one attached hydrogen (secondary N) is 2. The summed E-state index contributed by atoms with van der Waals surface area (Å²) in [6, 6.07) is 16.9. The normalized spacial score (nSPS) is 11.7. The van der Waals surface area contributed by atoms with Gasteiger partial charge in [-0.05, 0) is 25.1 Å². The number of hydrogen-bond donors (Lipinski definition) is 2. The summed E-state index contributed by atoms with van der Waals surface area (Å²) in [4.78, 5) is 12.1. The molecule has 0 spiro atoms. The van der Waals surface area contributed by atoms with Gasteiger partial charge >= 0.3 is 0 Å². The van der Waals surface area contributed by atoms with Gasteiger partial charge in [0.15, 0.2) is 0 Å². The zero-order valence-corrected chi connectivity index (χ0v) is 12.3. The van der Waals surface area contributed by atoms with E-state index in [0.717, 1.165) is 17.0 Å². The third-order valence-corrected chi connectivity index (χ3v) is 3.23. The molecule has 1 atom stereocenters. The number of ether oxygens (including phenoxy) is 1. The summed E-state index contributed by atoms with van der Waals surface area (Å²) < 4.78 is 5.29. The molecule has 0 aliphatic rings. The van der Waals surface area contributed by atoms with Gasteiger partial charge in [0.2, 0.25) is 5.91 Å². The van der Waals surface area contributed by atoms with Crippen LogP contribution < -0.4 is 15.4 Å². The van der Waals surface area contributed by atoms with Gasteiger partial charge < -0.3 is 15.4 Å². The zero-order valence-electron chi connectivity index (χ0n) is 12.3. The number of carbonyl (C=O) groups is 1. The molecule has 2 aromatic rings. The van der Waals surface area contributed by atoms with E-state index in [2.05, 4.69) is 10.6 Å². The van der Waals surface area contributed by atoms with Gasteiger partial charge in [0.05, 0.1) is 13.2 Å². The van der Waals surface area contributed by atoms with Gasteiger partial charge in [-0.1, -0.05) is 36.4 Å². The fourth-order valence-electron chi connectivity index (χ4n) is 1.98. The highest BCUT2D eigenvalue weighted by molar-refractivity contribution is 5.94. The van der Waals surface area contributed by atoms with Crippen LogP contribution in [0.3, 0.4) is 0 Å². The average molecular weight is 284 g/mol. The molecule has 2 rings (SSSR count). The van der Waals surface area contributed by atoms with Gasteiger partial charge in [0, 0.05) is 17.8 Å². The average Bonchev–Trinajstić information content (AvgIpc) is 2.53. The van der Waals surface area contributed by atoms with Crippen molar-refractivity contribution in [3.8, 4) is 5.75 Å². The van der Waals surface area contributed by atoms with Crippen LogP contribution in [0, 0.1) is 0 Å². The molecule has 0 saturated heterocycles. The van der Waals surface area contributed by atoms with Crippen LogP contribution in [0.25, 0.3) is 0 Å². The minimum Gasteiger partial charge on any atom is -0.496 e. The molecular formula is C17H20N2O2. The Hall–Kier alpha value is -2.33. The van der Waals surface area contributed by atoms with Crippen molar-refractivity contribution in [2.75, 3.05) is 12.4 Å². The molecule has 0 saturated carbocycles. The lowest BCUT2D eigenvalue weighted by molar-refractivity contribution is -0.117. The lowest BCUT2D eigenvalue weighted by atomic mass is 10.2. The smallest absolute Gasteiger partial charge is 0.241 e. The molecule has 0 bridgehead atoms. The van der Waals surface area contributed by atoms with Crippen LogP contribution in [0.2, 0.25) is 0 Å². The van der Waals surface area contributed by atoms with Crippen molar-refractivity contribution in [1.29, 1.82) is 0 Å². The SMILES string of the molecule is COc1ccccc1CN[C@@H](C)C(=O)Nc1ccccc1. The van der Waals surface area contributed by atoms with Gasteiger partial charge in [-0.15, -0.1) is 0 Å². The quantitative estimate of drug-likeness (QED) is 0.857. The lowest BCUT2D eigenvalue weighted by Crippen LogP contribution is -2.37. The second-order valence-corrected chi connectivity index (χ2v) is 4.77. The Morgan fingerprint density at radius 3 is 2.48 bits per heavy atom. The highest BCUT2D eigenvalue weighted by Crippen LogP contribution is 2.17. The largest absolute Gasteiger partial charge is 0.496 e. The summed E-state index contributed by atoms with van der Waals surface area (Å²) in [6.45, 7) is 2.42. The molecule has 4 nitrogen and oxygen atoms in total. The maximum atomic E-state index is 12.1. The Balaban J connectivity index is 1.89. The summed E-state index contributed by atoms with van der Waals surface area (Å²) in [7, 11) is 1.64. The highest BCUT2D eigenvalue weighted by Gasteiger charge is 2.13. The van der Waals surface area contributed by atoms with Crippen LogP contribution in [0.4, 0.5) is 5.69 Å². The summed E-state index contributed by atoms with van der Waals surface area (Å²) in [5.41, 5.74) is 1.83. The van der Waals surface area contributed by atoms with Crippen molar-refractivity contribution in [2.45, 2.75) is 19.5 Å². The Morgan fingerprint density at radius 1 is 1.10 bits per heavy atom. The fraction of sp³-hybridized carbons (Fsp3) is 0.235. The molecule has 0 heterocycles. The molecule has 0 aliphatic heterocycles. The molecule has 2 N–H and O–H groups in total. The molecule has 4 heteroatoms. The minimum atomic E-state index is -0.296. The van der Waals surface area contributed by atoms with Crippen molar-refractivity contribution in [3.63, 3.8) is 0 Å². The van der Waals surface area contributed by atoms with E-state index in [4.69, 9.17) is 4.74 Å². The van der Waals surface area contributed by atoms with E-state index in [1.54, 1.807) is 7.11 Å². The molecule has 0 fully saturated rings. The monoisotopic (exact) mass is 284 g/mol. The van der Waals surface area contributed by atoms with Crippen LogP contribution >= 0.6 is 0 Å². The molecule has 0 aromatic heterocycles. The summed E-state index contributed by atoms with van der Waals surface area (Å²) in [6.07, 6.45) is 0. The first kappa shape index (κ1) is 15.1. The molecule has 0 unspecified atom stereocenters. The van der Waals surface area contributed by atoms with Crippen LogP contribution in [0.5, 0.6) is 5.75 Å². The van der Waals surface area contributed by atoms with Crippen molar-refractivity contribution in [3.05, 3.63) is 60.2 Å². The van der Waals surface area contributed by atoms with Gasteiger partial charge in [0.25, 0.3) is 0 Å². The molecule has 2 aromatic carbocycles. The second-order valence-electron chi connectivity index (χ2n) is 4.77. The van der Waals surface area contributed by atoms with Crippen LogP contribution in [-0.4, -0.2) is 19.1 Å². The Morgan fingerprint density at radius 2 is 1.76 bits per heavy atom. The Labute approximate surface area is 125 Å². The van der Waals surface area contributed by atoms with Crippen LogP contribution in [0.1, 0.15) is 12.5 Å². The third-order valence-electron chi connectivity index (χ3n) is 3.23. The van der Waals surface area contributed by atoms with Crippen molar-refractivity contribution in [2.24, 2.45) is 0 Å². The predicted octanol–water partition coefficient (Wildman–Crippen LogP) is 2.81. The van der Waals surface area contributed by atoms with Crippen molar-refractivity contribution in [1.82, 2.24) is 5.32 Å². The van der Waals surface area contributed by atoms with E-state index in [9.17, 15) is 4.79 Å². The molecule has 21 heavy (non-hydrogen) atoms. The van der Waals surface area contributed by atoms with Crippen molar-refractivity contribution < 1.29 is 9.53 Å². The van der Waals surface area contributed by atoms with E-state index >= 15 is 0 Å². The summed E-state index contributed by atoms with van der Waals surface area (Å²) in [5.74, 6) is 0.761. The number of para-hydroxylation sites is 2. The lowest BCUT2D eigenvalue weighted by Gasteiger charge is -2.15. The maximum absolute atomic E-state index is 12.1. The first-order valence-electron chi connectivity index (χ1n) is 6.92. The molecular weight excluding hydrogens is 264 g/mol. The Kier molecular flexibility index (Phi) is 5.35. The highest BCUT2D eigenvalue weighted by atomic mass is 16.5. The standard InChI is InChI=1S/C17H20N2O2/c1-13(17(20)19-15-9-4-3-5-10-15)18-12-14-8-6-7-11-16(14)21-2/h3-11,13,18H,12H2,1-2H3,(H,19,20)/t13-/m0/s1. The zero-order chi connectivity index (χ0) is 15.1. The second kappa shape index (κ2) is 7.45. The number of anilines is 1. The number of carbonyl (C=O) groups excluding carboxylic acids is 1. The van der Waals surface area contributed by atoms with E-state index < -0.39 is 0 Å². The molecule has 0 aliphatic carbocycles. The van der Waals surface area contributed by atoms with Gasteiger partial charge in [0.1, 0.15) is 5.75 Å². The van der Waals surface area contributed by atoms with Crippen molar-refractivity contribution >= 4 is 11.6 Å². The van der Waals surface area contributed by atoms with E-state index in [0.29, 0.717) is 6.54 Å². The number of methoxy groups -OCH3 is 1. The molecule has 1 amide bonds. The van der Waals surface area contributed by atoms with Gasteiger partial charge in [-0.25, -0.2) is 0 Å². The fourth-order valence-corrected chi connectivity index (χ4v) is 1.98. The topological polar surface area (TPSA) is 50.4 Å². The third kappa shape index (κ3) is 4.33. The molecule has 110 valence electrons. The van der Waals surface area contributed by atoms with E-state index in [1.807, 2.05) is 61.5 Å². The minimum absolute atomic E-state index is 0.0592. The van der Waals surface area contributed by atoms with E-state index in [-0.39, 0.29) is 11.9 Å². The number of amides is 1. The molecule has 0 radical (unpaired) electrons. The number of rotatable bonds is 6. The van der Waals surface area contributed by atoms with E-state index in [1.165, 1.54) is 0 Å². The van der Waals surface area contributed by atoms with Crippen LogP contribution in [0.15, 0.2) is 54.6 Å². The first-order chi connectivity index (χ1) is 10.2. The first-order valence-corrected chi connectivity index (χ1v) is 6.92. The predicted molar refractivity (Wildman–Crippen MR) is 84.4 cm³/mol. The summed E-state index contributed by atoms with van der Waals surface area (Å²) >= 11 is 0. The summed E-state index contributed by atoms with van der Waals surface area (Å²) in [5, 5.41) is 6.08.